The Morgan fingerprint density at radius 3 is 2.42 bits per heavy atom. The zero-order chi connectivity index (χ0) is 24.5. The summed E-state index contributed by atoms with van der Waals surface area (Å²) < 4.78 is 14.3. The number of carbonyl (C=O) groups is 3. The van der Waals surface area contributed by atoms with Gasteiger partial charge in [0.15, 0.2) is 0 Å². The molecule has 1 aliphatic rings. The summed E-state index contributed by atoms with van der Waals surface area (Å²) in [6.07, 6.45) is -0.378. The lowest BCUT2D eigenvalue weighted by molar-refractivity contribution is -0.155. The Bertz CT molecular complexity index is 1160. The molecule has 2 aromatic rings. The summed E-state index contributed by atoms with van der Waals surface area (Å²) in [4.78, 5) is 56.9. The van der Waals surface area contributed by atoms with Gasteiger partial charge >= 0.3 is 11.8 Å². The van der Waals surface area contributed by atoms with E-state index in [4.69, 9.17) is 0 Å². The highest BCUT2D eigenvalue weighted by Gasteiger charge is 2.43. The van der Waals surface area contributed by atoms with E-state index in [1.807, 2.05) is 0 Å². The van der Waals surface area contributed by atoms with Crippen LogP contribution < -0.4 is 10.9 Å². The number of amides is 3. The minimum Gasteiger partial charge on any atom is -0.502 e. The van der Waals surface area contributed by atoms with Crippen LogP contribution in [0.15, 0.2) is 29.1 Å². The number of hydrogen-bond donors (Lipinski definition) is 2. The van der Waals surface area contributed by atoms with Gasteiger partial charge in [0.25, 0.3) is 5.56 Å². The van der Waals surface area contributed by atoms with Gasteiger partial charge in [-0.1, -0.05) is 12.1 Å². The van der Waals surface area contributed by atoms with Crippen LogP contribution >= 0.6 is 0 Å². The number of carbonyl (C=O) groups excluding carboxylic acids is 3. The largest absolute Gasteiger partial charge is 0.502 e. The van der Waals surface area contributed by atoms with Gasteiger partial charge in [-0.2, -0.15) is 0 Å². The van der Waals surface area contributed by atoms with Crippen molar-refractivity contribution in [3.05, 3.63) is 57.5 Å². The number of nitrogens with zero attached hydrogens (tertiary/aromatic N) is 4. The average Bonchev–Trinajstić information content (AvgIpc) is 2.76. The molecule has 1 aromatic heterocycles. The van der Waals surface area contributed by atoms with Gasteiger partial charge in [0, 0.05) is 33.7 Å². The lowest BCUT2D eigenvalue weighted by Crippen LogP contribution is -2.57. The third-order valence-electron chi connectivity index (χ3n) is 5.55. The molecule has 2 N–H and O–H groups in total. The van der Waals surface area contributed by atoms with E-state index in [-0.39, 0.29) is 37.6 Å². The maximum atomic E-state index is 13.0. The van der Waals surface area contributed by atoms with Crippen LogP contribution in [0.2, 0.25) is 0 Å². The van der Waals surface area contributed by atoms with Crippen molar-refractivity contribution < 1.29 is 23.9 Å². The van der Waals surface area contributed by atoms with Crippen LogP contribution in [-0.2, 0) is 39.4 Å². The van der Waals surface area contributed by atoms with Crippen molar-refractivity contribution in [2.24, 2.45) is 0 Å². The molecule has 3 rings (SSSR count). The van der Waals surface area contributed by atoms with Gasteiger partial charge in [-0.15, -0.1) is 0 Å². The lowest BCUT2D eigenvalue weighted by Gasteiger charge is -2.43. The van der Waals surface area contributed by atoms with E-state index in [1.165, 1.54) is 52.7 Å². The second-order valence-corrected chi connectivity index (χ2v) is 8.48. The number of hydrogen-bond acceptors (Lipinski definition) is 6. The van der Waals surface area contributed by atoms with Crippen LogP contribution in [0.3, 0.4) is 0 Å². The zero-order valence-corrected chi connectivity index (χ0v) is 18.9. The average molecular weight is 459 g/mol. The van der Waals surface area contributed by atoms with Gasteiger partial charge < -0.3 is 20.2 Å². The zero-order valence-electron chi connectivity index (χ0n) is 18.9. The number of fused-ring (bicyclic) bond motifs is 1. The van der Waals surface area contributed by atoms with E-state index in [1.54, 1.807) is 13.8 Å². The summed E-state index contributed by atoms with van der Waals surface area (Å²) in [6.45, 7) is 3.53. The Balaban J connectivity index is 1.85. The first-order valence-electron chi connectivity index (χ1n) is 10.3. The summed E-state index contributed by atoms with van der Waals surface area (Å²) in [6, 6.07) is 5.60. The highest BCUT2D eigenvalue weighted by atomic mass is 19.1. The van der Waals surface area contributed by atoms with Gasteiger partial charge in [0.2, 0.25) is 11.7 Å². The monoisotopic (exact) mass is 459 g/mol. The van der Waals surface area contributed by atoms with Crippen LogP contribution in [-0.4, -0.2) is 62.8 Å². The van der Waals surface area contributed by atoms with Gasteiger partial charge in [-0.25, -0.2) is 9.37 Å². The van der Waals surface area contributed by atoms with Crippen LogP contribution in [0.4, 0.5) is 4.39 Å². The van der Waals surface area contributed by atoms with Crippen molar-refractivity contribution in [3.63, 3.8) is 0 Å². The third kappa shape index (κ3) is 4.71. The second-order valence-electron chi connectivity index (χ2n) is 8.48. The van der Waals surface area contributed by atoms with E-state index in [9.17, 15) is 28.7 Å². The number of likely N-dealkylation sites (N-methyl/N-ethyl adjacent to an activating group) is 1. The number of rotatable bonds is 4. The maximum absolute atomic E-state index is 13.0. The van der Waals surface area contributed by atoms with Crippen LogP contribution in [0.1, 0.15) is 30.9 Å². The van der Waals surface area contributed by atoms with Gasteiger partial charge in [0.05, 0.1) is 17.7 Å². The van der Waals surface area contributed by atoms with Gasteiger partial charge in [0.1, 0.15) is 11.6 Å². The molecule has 0 unspecified atom stereocenters. The molecule has 0 saturated carbocycles. The fraction of sp³-hybridized carbons (Fsp3) is 0.409. The lowest BCUT2D eigenvalue weighted by atomic mass is 9.97. The molecule has 3 amide bonds. The van der Waals surface area contributed by atoms with E-state index in [0.29, 0.717) is 5.56 Å². The molecular formula is C22H26FN5O5. The Labute approximate surface area is 189 Å². The summed E-state index contributed by atoms with van der Waals surface area (Å²) in [7, 11) is 2.93. The first-order valence-corrected chi connectivity index (χ1v) is 10.3. The molecule has 0 fully saturated rings. The Morgan fingerprint density at radius 2 is 1.82 bits per heavy atom. The predicted octanol–water partition coefficient (Wildman–Crippen LogP) is 0.112. The molecule has 0 radical (unpaired) electrons. The Kier molecular flexibility index (Phi) is 6.52. The normalized spacial score (nSPS) is 14.4. The van der Waals surface area contributed by atoms with Crippen molar-refractivity contribution >= 4 is 17.7 Å². The standard InChI is InChI=1S/C22H26FN5O5/c1-22(2)21-25-15(11-16(29)24-12-13-5-7-14(23)8-6-13)17(30)18(31)27(21)9-10-28(22)20(33)19(32)26(3)4/h5-8,30H,9-12H2,1-4H3,(H,24,29). The Morgan fingerprint density at radius 1 is 1.18 bits per heavy atom. The third-order valence-corrected chi connectivity index (χ3v) is 5.55. The number of halogens is 1. The summed E-state index contributed by atoms with van der Waals surface area (Å²) >= 11 is 0. The molecule has 33 heavy (non-hydrogen) atoms. The highest BCUT2D eigenvalue weighted by Crippen LogP contribution is 2.31. The molecule has 176 valence electrons. The first-order chi connectivity index (χ1) is 15.4. The molecule has 0 atom stereocenters. The molecule has 11 heteroatoms. The van der Waals surface area contributed by atoms with E-state index in [2.05, 4.69) is 10.3 Å². The molecule has 0 saturated heterocycles. The van der Waals surface area contributed by atoms with Crippen molar-refractivity contribution in [2.75, 3.05) is 20.6 Å². The molecule has 0 aliphatic carbocycles. The Hall–Kier alpha value is -3.76. The molecule has 10 nitrogen and oxygen atoms in total. The van der Waals surface area contributed by atoms with Crippen molar-refractivity contribution in [2.45, 2.75) is 38.9 Å². The molecule has 1 aliphatic heterocycles. The first kappa shape index (κ1) is 23.9. The number of benzene rings is 1. The summed E-state index contributed by atoms with van der Waals surface area (Å²) in [5, 5.41) is 13.0. The fourth-order valence-corrected chi connectivity index (χ4v) is 3.67. The van der Waals surface area contributed by atoms with Crippen LogP contribution in [0.25, 0.3) is 0 Å². The molecule has 2 heterocycles. The maximum Gasteiger partial charge on any atom is 0.312 e. The summed E-state index contributed by atoms with van der Waals surface area (Å²) in [5.74, 6) is -2.82. The molecule has 0 spiro atoms. The van der Waals surface area contributed by atoms with Crippen LogP contribution in [0, 0.1) is 5.82 Å². The molecule has 0 bridgehead atoms. The topological polar surface area (TPSA) is 125 Å². The van der Waals surface area contributed by atoms with E-state index < -0.39 is 40.4 Å². The number of aromatic nitrogens is 2. The second kappa shape index (κ2) is 9.00. The van der Waals surface area contributed by atoms with E-state index in [0.717, 1.165) is 0 Å². The SMILES string of the molecule is CN(C)C(=O)C(=O)N1CCn2c(nc(CC(=O)NCc3ccc(F)cc3)c(O)c2=O)C1(C)C. The highest BCUT2D eigenvalue weighted by molar-refractivity contribution is 6.34. The van der Waals surface area contributed by atoms with Crippen LogP contribution in [0.5, 0.6) is 5.75 Å². The minimum absolute atomic E-state index is 0.0433. The summed E-state index contributed by atoms with van der Waals surface area (Å²) in [5.41, 5.74) is -1.33. The van der Waals surface area contributed by atoms with Crippen molar-refractivity contribution in [1.82, 2.24) is 24.7 Å². The quantitative estimate of drug-likeness (QED) is 0.626. The minimum atomic E-state index is -1.15. The van der Waals surface area contributed by atoms with Gasteiger partial charge in [-0.3, -0.25) is 23.7 Å². The molecular weight excluding hydrogens is 433 g/mol. The van der Waals surface area contributed by atoms with Gasteiger partial charge in [-0.05, 0) is 31.5 Å². The van der Waals surface area contributed by atoms with Crippen molar-refractivity contribution in [3.8, 4) is 5.75 Å². The van der Waals surface area contributed by atoms with E-state index >= 15 is 0 Å². The predicted molar refractivity (Wildman–Crippen MR) is 116 cm³/mol. The van der Waals surface area contributed by atoms with Crippen molar-refractivity contribution in [1.29, 1.82) is 0 Å². The number of nitrogens with one attached hydrogen (secondary N) is 1. The number of aromatic hydroxyl groups is 1. The fourth-order valence-electron chi connectivity index (χ4n) is 3.67. The smallest absolute Gasteiger partial charge is 0.312 e. The molecule has 1 aromatic carbocycles.